The fourth-order valence-corrected chi connectivity index (χ4v) is 8.69. The highest BCUT2D eigenvalue weighted by Crippen LogP contribution is 2.52. The molecule has 0 N–H and O–H groups in total. The van der Waals surface area contributed by atoms with Gasteiger partial charge in [-0.25, -0.2) is 0 Å². The molecule has 0 aliphatic heterocycles. The quantitative estimate of drug-likeness (QED) is 0.0342. The molecule has 75 heavy (non-hydrogen) atoms. The minimum atomic E-state index is 0.462. The second kappa shape index (κ2) is 28.5. The molecule has 0 bridgehead atoms. The van der Waals surface area contributed by atoms with Gasteiger partial charge in [0.15, 0.2) is 34.5 Å². The third-order valence-electron chi connectivity index (χ3n) is 13.2. The Kier molecular flexibility index (Phi) is 21.1. The van der Waals surface area contributed by atoms with Crippen LogP contribution in [0.3, 0.4) is 0 Å². The molecule has 7 aromatic rings. The zero-order valence-corrected chi connectivity index (χ0v) is 46.3. The molecule has 7 aromatic carbocycles. The molecule has 0 unspecified atom stereocenters. The molecule has 0 aromatic heterocycles. The lowest BCUT2D eigenvalue weighted by Crippen LogP contribution is -2.08. The van der Waals surface area contributed by atoms with E-state index in [-0.39, 0.29) is 0 Å². The lowest BCUT2D eigenvalue weighted by Gasteiger charge is -2.24. The van der Waals surface area contributed by atoms with E-state index >= 15 is 0 Å². The van der Waals surface area contributed by atoms with Gasteiger partial charge in [-0.05, 0) is 130 Å². The van der Waals surface area contributed by atoms with E-state index in [1.165, 1.54) is 11.1 Å². The van der Waals surface area contributed by atoms with E-state index in [9.17, 15) is 0 Å². The van der Waals surface area contributed by atoms with Crippen molar-refractivity contribution < 1.29 is 28.4 Å². The lowest BCUT2D eigenvalue weighted by molar-refractivity contribution is 0.261. The molecule has 390 valence electrons. The van der Waals surface area contributed by atoms with Crippen molar-refractivity contribution in [1.29, 1.82) is 0 Å². The first-order valence-electron chi connectivity index (χ1n) is 27.9. The maximum absolute atomic E-state index is 7.11. The number of hydrogen-bond acceptors (Lipinski definition) is 6. The maximum Gasteiger partial charge on any atom is 0.178 e. The van der Waals surface area contributed by atoms with Crippen LogP contribution in [0.1, 0.15) is 169 Å². The Bertz CT molecular complexity index is 3200. The van der Waals surface area contributed by atoms with Crippen LogP contribution >= 0.6 is 0 Å². The van der Waals surface area contributed by atoms with Crippen molar-refractivity contribution in [3.8, 4) is 70.0 Å². The molecule has 0 atom stereocenters. The number of fused-ring (bicyclic) bond motifs is 6. The van der Waals surface area contributed by atoms with Gasteiger partial charge in [-0.3, -0.25) is 0 Å². The van der Waals surface area contributed by atoms with Gasteiger partial charge in [0.1, 0.15) is 0 Å². The average molecular weight is 1000 g/mol. The van der Waals surface area contributed by atoms with E-state index in [1.54, 1.807) is 0 Å². The third kappa shape index (κ3) is 14.4. The van der Waals surface area contributed by atoms with E-state index in [0.717, 1.165) is 137 Å². The zero-order valence-electron chi connectivity index (χ0n) is 46.3. The van der Waals surface area contributed by atoms with Crippen molar-refractivity contribution in [2.75, 3.05) is 39.6 Å². The van der Waals surface area contributed by atoms with E-state index in [0.29, 0.717) is 85.3 Å². The second-order valence-electron chi connectivity index (χ2n) is 19.6. The van der Waals surface area contributed by atoms with Crippen LogP contribution in [0.25, 0.3) is 32.3 Å². The molecule has 6 heteroatoms. The molecule has 0 amide bonds. The number of aryl methyl sites for hydroxylation is 3. The van der Waals surface area contributed by atoms with Crippen LogP contribution in [0.5, 0.6) is 34.5 Å². The van der Waals surface area contributed by atoms with Crippen molar-refractivity contribution in [2.24, 2.45) is 0 Å². The summed E-state index contributed by atoms with van der Waals surface area (Å²) in [5.74, 6) is 25.8. The number of hydrogen-bond donors (Lipinski definition) is 0. The van der Waals surface area contributed by atoms with E-state index < -0.39 is 0 Å². The van der Waals surface area contributed by atoms with E-state index in [4.69, 9.17) is 28.4 Å². The molecule has 0 saturated heterocycles. The van der Waals surface area contributed by atoms with Gasteiger partial charge in [-0.15, -0.1) is 0 Å². The summed E-state index contributed by atoms with van der Waals surface area (Å²) in [4.78, 5) is 0. The summed E-state index contributed by atoms with van der Waals surface area (Å²) >= 11 is 0. The molecule has 0 saturated carbocycles. The van der Waals surface area contributed by atoms with Gasteiger partial charge in [0.25, 0.3) is 0 Å². The van der Waals surface area contributed by atoms with Crippen LogP contribution in [-0.2, 0) is 0 Å². The normalized spacial score (nSPS) is 10.8. The van der Waals surface area contributed by atoms with E-state index in [2.05, 4.69) is 189 Å². The fraction of sp³-hybridized carbons (Fsp3) is 0.391. The molecular weight excluding hydrogens is 925 g/mol. The summed E-state index contributed by atoms with van der Waals surface area (Å²) in [6.45, 7) is 22.4. The van der Waals surface area contributed by atoms with Crippen molar-refractivity contribution in [1.82, 2.24) is 0 Å². The first-order chi connectivity index (χ1) is 36.7. The smallest absolute Gasteiger partial charge is 0.178 e. The van der Waals surface area contributed by atoms with E-state index in [1.807, 2.05) is 0 Å². The summed E-state index contributed by atoms with van der Waals surface area (Å²) in [6.07, 6.45) is 11.0. The Morgan fingerprint density at radius 2 is 0.573 bits per heavy atom. The van der Waals surface area contributed by atoms with Gasteiger partial charge in [0.05, 0.1) is 56.3 Å². The Balaban J connectivity index is 1.82. The van der Waals surface area contributed by atoms with Gasteiger partial charge in [-0.2, -0.15) is 0 Å². The Morgan fingerprint density at radius 3 is 0.933 bits per heavy atom. The lowest BCUT2D eigenvalue weighted by atomic mass is 9.85. The summed E-state index contributed by atoms with van der Waals surface area (Å²) in [5.41, 5.74) is 8.30. The van der Waals surface area contributed by atoms with Crippen molar-refractivity contribution in [3.63, 3.8) is 0 Å². The van der Waals surface area contributed by atoms with Gasteiger partial charge in [0.2, 0.25) is 0 Å². The summed E-state index contributed by atoms with van der Waals surface area (Å²) < 4.78 is 41.6. The van der Waals surface area contributed by atoms with Crippen LogP contribution < -0.4 is 28.4 Å². The van der Waals surface area contributed by atoms with Crippen molar-refractivity contribution >= 4 is 32.3 Å². The number of rotatable bonds is 24. The standard InChI is InChI=1S/C69H78O6/c1-10-16-40-70-61-46-58-59(47-62(61)71-41-17-11-2)65-56(38-35-53-30-24-50(8)25-31-53)68(74-44-20-14-5)69(75-45-21-15-6)57(39-36-54-32-26-51(9)27-33-54)66(65)60-48-63(72-42-18-12-3)67(73-43-19-13-4)55(64(58)60)37-34-52-28-22-49(7)23-29-52/h22-33,46-48H,10-21,40-45H2,1-9H3. The van der Waals surface area contributed by atoms with Crippen molar-refractivity contribution in [2.45, 2.75) is 139 Å². The monoisotopic (exact) mass is 1000 g/mol. The van der Waals surface area contributed by atoms with Gasteiger partial charge >= 0.3 is 0 Å². The van der Waals surface area contributed by atoms with Gasteiger partial charge < -0.3 is 28.4 Å². The van der Waals surface area contributed by atoms with Gasteiger partial charge in [0, 0.05) is 32.8 Å². The van der Waals surface area contributed by atoms with Crippen LogP contribution in [0.2, 0.25) is 0 Å². The van der Waals surface area contributed by atoms with Crippen molar-refractivity contribution in [3.05, 3.63) is 141 Å². The SMILES string of the molecule is CCCCOc1cc2c(cc1OCCCC)c1c(C#Cc3ccc(C)cc3)c(OCCCC)c(OCCCC)c(C#Cc3ccc(C)cc3)c1c1cc(OCCCC)c(OCCCC)c(C#Cc3ccc(C)cc3)c21. The number of ether oxygens (including phenoxy) is 6. The third-order valence-corrected chi connectivity index (χ3v) is 13.2. The van der Waals surface area contributed by atoms with Crippen LogP contribution in [-0.4, -0.2) is 39.6 Å². The molecule has 0 fully saturated rings. The molecule has 0 heterocycles. The highest BCUT2D eigenvalue weighted by atomic mass is 16.5. The fourth-order valence-electron chi connectivity index (χ4n) is 8.69. The molecule has 7 rings (SSSR count). The summed E-state index contributed by atoms with van der Waals surface area (Å²) in [7, 11) is 0. The minimum absolute atomic E-state index is 0.462. The molecule has 0 aliphatic rings. The Hall–Kier alpha value is -7.20. The molecule has 0 radical (unpaired) electrons. The summed E-state index contributed by atoms with van der Waals surface area (Å²) in [5, 5.41) is 5.31. The summed E-state index contributed by atoms with van der Waals surface area (Å²) in [6, 6.07) is 31.6. The minimum Gasteiger partial charge on any atom is -0.490 e. The van der Waals surface area contributed by atoms with Crippen LogP contribution in [0.4, 0.5) is 0 Å². The first kappa shape index (κ1) is 55.5. The topological polar surface area (TPSA) is 55.4 Å². The maximum atomic E-state index is 7.11. The molecular formula is C69H78O6. The number of benzene rings is 7. The van der Waals surface area contributed by atoms with Crippen LogP contribution in [0, 0.1) is 56.3 Å². The largest absolute Gasteiger partial charge is 0.490 e. The Labute approximate surface area is 448 Å². The predicted octanol–water partition coefficient (Wildman–Crippen LogP) is 17.3. The Morgan fingerprint density at radius 1 is 0.293 bits per heavy atom. The zero-order chi connectivity index (χ0) is 52.9. The number of unbranched alkanes of at least 4 members (excludes halogenated alkanes) is 6. The highest BCUT2D eigenvalue weighted by Gasteiger charge is 2.29. The van der Waals surface area contributed by atoms with Crippen LogP contribution in [0.15, 0.2) is 91.0 Å². The van der Waals surface area contributed by atoms with Gasteiger partial charge in [-0.1, -0.05) is 169 Å². The molecule has 6 nitrogen and oxygen atoms in total. The predicted molar refractivity (Wildman–Crippen MR) is 313 cm³/mol. The highest BCUT2D eigenvalue weighted by molar-refractivity contribution is 6.31. The first-order valence-corrected chi connectivity index (χ1v) is 27.9. The molecule has 0 spiro atoms. The average Bonchev–Trinajstić information content (AvgIpc) is 3.43. The second-order valence-corrected chi connectivity index (χ2v) is 19.6. The molecule has 0 aliphatic carbocycles.